The third kappa shape index (κ3) is 3.71. The summed E-state index contributed by atoms with van der Waals surface area (Å²) >= 11 is 11.8. The number of hydrogen-bond acceptors (Lipinski definition) is 4. The first-order chi connectivity index (χ1) is 16.9. The largest absolute Gasteiger partial charge is 0.354 e. The molecular formula is C30H34Cl2O4. The number of epoxide rings is 2. The zero-order valence-electron chi connectivity index (χ0n) is 21.4. The summed E-state index contributed by atoms with van der Waals surface area (Å²) < 4.78 is 11.9. The van der Waals surface area contributed by atoms with Crippen LogP contribution in [0.1, 0.15) is 64.5 Å². The molecule has 2 aliphatic heterocycles. The lowest BCUT2D eigenvalue weighted by atomic mass is 9.78. The fraction of sp³-hybridized carbons (Fsp3) is 0.533. The molecule has 2 aliphatic carbocycles. The van der Waals surface area contributed by atoms with Crippen molar-refractivity contribution in [1.29, 1.82) is 0 Å². The topological polar surface area (TPSA) is 59.2 Å². The number of carbonyl (C=O) groups excluding carboxylic acids is 2. The molecule has 0 amide bonds. The predicted molar refractivity (Wildman–Crippen MR) is 142 cm³/mol. The van der Waals surface area contributed by atoms with Gasteiger partial charge in [0.15, 0.2) is 23.8 Å². The first-order valence-corrected chi connectivity index (χ1v) is 13.5. The van der Waals surface area contributed by atoms with E-state index in [4.69, 9.17) is 32.7 Å². The van der Waals surface area contributed by atoms with Crippen molar-refractivity contribution in [1.82, 2.24) is 0 Å². The van der Waals surface area contributed by atoms with Gasteiger partial charge in [-0.15, -0.1) is 0 Å². The zero-order chi connectivity index (χ0) is 26.0. The summed E-state index contributed by atoms with van der Waals surface area (Å²) in [5.74, 6) is 0. The number of benzene rings is 2. The van der Waals surface area contributed by atoms with E-state index in [9.17, 15) is 9.59 Å². The summed E-state index contributed by atoms with van der Waals surface area (Å²) in [7, 11) is 0. The second-order valence-corrected chi connectivity index (χ2v) is 13.1. The Kier molecular flexibility index (Phi) is 6.04. The third-order valence-corrected chi connectivity index (χ3v) is 9.94. The number of hydrogen-bond donors (Lipinski definition) is 0. The maximum Gasteiger partial charge on any atom is 0.158 e. The summed E-state index contributed by atoms with van der Waals surface area (Å²) in [6, 6.07) is 15.6. The average molecular weight is 530 g/mol. The molecule has 0 aromatic heterocycles. The van der Waals surface area contributed by atoms with E-state index in [1.165, 1.54) is 11.1 Å². The Hall–Kier alpha value is -1.72. The summed E-state index contributed by atoms with van der Waals surface area (Å²) in [6.07, 6.45) is 7.64. The van der Waals surface area contributed by atoms with Gasteiger partial charge in [-0.25, -0.2) is 0 Å². The molecule has 192 valence electrons. The highest BCUT2D eigenvalue weighted by Gasteiger charge is 2.80. The zero-order valence-corrected chi connectivity index (χ0v) is 22.9. The molecular weight excluding hydrogens is 495 g/mol. The number of rotatable bonds is 6. The van der Waals surface area contributed by atoms with Crippen LogP contribution >= 0.6 is 23.2 Å². The minimum absolute atomic E-state index is 0.0544. The highest BCUT2D eigenvalue weighted by atomic mass is 35.5. The highest BCUT2D eigenvalue weighted by molar-refractivity contribution is 6.30. The van der Waals surface area contributed by atoms with Crippen molar-refractivity contribution in [3.63, 3.8) is 0 Å². The van der Waals surface area contributed by atoms with Crippen LogP contribution < -0.4 is 0 Å². The quantitative estimate of drug-likeness (QED) is 0.305. The summed E-state index contributed by atoms with van der Waals surface area (Å²) in [4.78, 5) is 23.0. The molecule has 0 unspecified atom stereocenters. The molecule has 4 nitrogen and oxygen atoms in total. The Morgan fingerprint density at radius 1 is 0.639 bits per heavy atom. The molecule has 2 aromatic rings. The van der Waals surface area contributed by atoms with E-state index in [1.807, 2.05) is 48.5 Å². The van der Waals surface area contributed by atoms with Crippen molar-refractivity contribution < 1.29 is 19.1 Å². The highest BCUT2D eigenvalue weighted by Crippen LogP contribution is 2.69. The van der Waals surface area contributed by atoms with Crippen LogP contribution in [-0.4, -0.2) is 35.0 Å². The second-order valence-electron chi connectivity index (χ2n) is 12.3. The van der Waals surface area contributed by atoms with Gasteiger partial charge in [0.2, 0.25) is 0 Å². The van der Waals surface area contributed by atoms with Gasteiger partial charge in [-0.2, -0.15) is 0 Å². The van der Waals surface area contributed by atoms with Crippen LogP contribution in [-0.2, 0) is 31.9 Å². The minimum Gasteiger partial charge on any atom is -0.354 e. The van der Waals surface area contributed by atoms with Gasteiger partial charge in [-0.1, -0.05) is 75.2 Å². The van der Waals surface area contributed by atoms with Crippen molar-refractivity contribution in [3.05, 3.63) is 69.7 Å². The van der Waals surface area contributed by atoms with Gasteiger partial charge in [-0.05, 0) is 61.1 Å². The van der Waals surface area contributed by atoms with Crippen LogP contribution in [0, 0.1) is 10.8 Å². The molecule has 4 fully saturated rings. The molecule has 36 heavy (non-hydrogen) atoms. The van der Waals surface area contributed by atoms with Crippen LogP contribution in [0.15, 0.2) is 48.5 Å². The van der Waals surface area contributed by atoms with Crippen molar-refractivity contribution in [2.45, 2.75) is 88.6 Å². The second kappa shape index (κ2) is 8.39. The van der Waals surface area contributed by atoms with E-state index < -0.39 is 11.2 Å². The monoisotopic (exact) mass is 528 g/mol. The fourth-order valence-electron chi connectivity index (χ4n) is 6.91. The maximum absolute atomic E-state index is 11.5. The van der Waals surface area contributed by atoms with E-state index in [0.29, 0.717) is 0 Å². The van der Waals surface area contributed by atoms with E-state index in [-0.39, 0.29) is 22.0 Å². The Balaban J connectivity index is 0.000000148. The smallest absolute Gasteiger partial charge is 0.158 e. The molecule has 0 spiro atoms. The number of aldehydes is 2. The number of ether oxygens (including phenoxy) is 2. The Morgan fingerprint density at radius 3 is 1.25 bits per heavy atom. The van der Waals surface area contributed by atoms with Crippen LogP contribution in [0.25, 0.3) is 0 Å². The lowest BCUT2D eigenvalue weighted by molar-refractivity contribution is -0.116. The third-order valence-electron chi connectivity index (χ3n) is 9.44. The Bertz CT molecular complexity index is 1080. The molecule has 6 heteroatoms. The molecule has 0 bridgehead atoms. The van der Waals surface area contributed by atoms with Gasteiger partial charge in [-0.3, -0.25) is 9.59 Å². The molecule has 2 aromatic carbocycles. The summed E-state index contributed by atoms with van der Waals surface area (Å²) in [5, 5.41) is 1.47. The molecule has 2 saturated carbocycles. The summed E-state index contributed by atoms with van der Waals surface area (Å²) in [6.45, 7) is 8.49. The van der Waals surface area contributed by atoms with E-state index in [1.54, 1.807) is 0 Å². The minimum atomic E-state index is -0.570. The molecule has 4 atom stereocenters. The molecule has 0 N–H and O–H groups in total. The molecule has 2 heterocycles. The molecule has 0 radical (unpaired) electrons. The standard InChI is InChI=1S/2C15H17ClO2/c2*1-13(2)7-8-14(15(13,10-17)18-14)9-11-3-5-12(16)6-4-11/h2*3-6,10H,7-9H2,1-2H3/t2*14-,15-/m10/s1. The predicted octanol–water partition coefficient (Wildman–Crippen LogP) is 6.82. The van der Waals surface area contributed by atoms with Crippen molar-refractivity contribution >= 4 is 35.8 Å². The molecule has 2 saturated heterocycles. The van der Waals surface area contributed by atoms with E-state index in [0.717, 1.165) is 61.1 Å². The average Bonchev–Trinajstić information content (AvgIpc) is 3.67. The van der Waals surface area contributed by atoms with Crippen LogP contribution in [0.2, 0.25) is 10.0 Å². The van der Waals surface area contributed by atoms with Crippen LogP contribution in [0.5, 0.6) is 0 Å². The lowest BCUT2D eigenvalue weighted by Crippen LogP contribution is -2.35. The van der Waals surface area contributed by atoms with Crippen LogP contribution in [0.4, 0.5) is 0 Å². The van der Waals surface area contributed by atoms with Gasteiger partial charge in [0, 0.05) is 33.7 Å². The number of fused-ring (bicyclic) bond motifs is 2. The van der Waals surface area contributed by atoms with E-state index >= 15 is 0 Å². The van der Waals surface area contributed by atoms with Crippen LogP contribution in [0.3, 0.4) is 0 Å². The first kappa shape index (κ1) is 25.9. The molecule has 4 aliphatic rings. The summed E-state index contributed by atoms with van der Waals surface area (Å²) in [5.41, 5.74) is 0.571. The lowest BCUT2D eigenvalue weighted by Gasteiger charge is -2.23. The molecule has 6 rings (SSSR count). The van der Waals surface area contributed by atoms with Gasteiger partial charge in [0.1, 0.15) is 11.2 Å². The van der Waals surface area contributed by atoms with Gasteiger partial charge >= 0.3 is 0 Å². The SMILES string of the molecule is CC1(C)CC[C@@]2(Cc3ccc(Cl)cc3)O[C@@]12C=O.CC1(C)CC[C@]2(Cc3ccc(Cl)cc3)O[C@]12C=O. The number of carbonyl (C=O) groups is 2. The first-order valence-electron chi connectivity index (χ1n) is 12.7. The fourth-order valence-corrected chi connectivity index (χ4v) is 7.16. The van der Waals surface area contributed by atoms with Crippen molar-refractivity contribution in [2.75, 3.05) is 0 Å². The van der Waals surface area contributed by atoms with Crippen molar-refractivity contribution in [2.24, 2.45) is 10.8 Å². The van der Waals surface area contributed by atoms with Gasteiger partial charge < -0.3 is 9.47 Å². The normalized spacial score (nSPS) is 36.2. The maximum atomic E-state index is 11.5. The Labute approximate surface area is 223 Å². The van der Waals surface area contributed by atoms with Gasteiger partial charge in [0.25, 0.3) is 0 Å². The number of halogens is 2. The van der Waals surface area contributed by atoms with Gasteiger partial charge in [0.05, 0.1) is 0 Å². The Morgan fingerprint density at radius 2 is 0.972 bits per heavy atom. The van der Waals surface area contributed by atoms with Crippen molar-refractivity contribution in [3.8, 4) is 0 Å². The van der Waals surface area contributed by atoms with E-state index in [2.05, 4.69) is 27.7 Å².